The zero-order chi connectivity index (χ0) is 21.1. The number of carbonyl (C=O) groups is 1. The molecule has 0 aliphatic rings. The van der Waals surface area contributed by atoms with E-state index in [9.17, 15) is 9.18 Å². The molecule has 1 heterocycles. The van der Waals surface area contributed by atoms with Crippen LogP contribution < -0.4 is 5.32 Å². The van der Waals surface area contributed by atoms with Gasteiger partial charge in [0.15, 0.2) is 0 Å². The molecule has 0 spiro atoms. The van der Waals surface area contributed by atoms with E-state index in [-0.39, 0.29) is 5.69 Å². The van der Waals surface area contributed by atoms with Crippen LogP contribution in [-0.4, -0.2) is 15.7 Å². The largest absolute Gasteiger partial charge is 0.319 e. The summed E-state index contributed by atoms with van der Waals surface area (Å²) in [7, 11) is 0. The van der Waals surface area contributed by atoms with Gasteiger partial charge >= 0.3 is 0 Å². The van der Waals surface area contributed by atoms with E-state index in [0.717, 1.165) is 11.1 Å². The summed E-state index contributed by atoms with van der Waals surface area (Å²) in [5.41, 5.74) is 2.55. The van der Waals surface area contributed by atoms with Crippen molar-refractivity contribution in [3.05, 3.63) is 106 Å². The van der Waals surface area contributed by atoms with Crippen LogP contribution in [0.4, 0.5) is 10.1 Å². The minimum atomic E-state index is -0.572. The Morgan fingerprint density at radius 2 is 1.67 bits per heavy atom. The number of hydrogen-bond donors (Lipinski definition) is 1. The lowest BCUT2D eigenvalue weighted by molar-refractivity contribution is 0.102. The molecule has 1 aromatic heterocycles. The van der Waals surface area contributed by atoms with Crippen LogP contribution in [0, 0.1) is 5.82 Å². The van der Waals surface area contributed by atoms with Crippen LogP contribution in [0.15, 0.2) is 79.0 Å². The highest BCUT2D eigenvalue weighted by atomic mass is 35.5. The van der Waals surface area contributed by atoms with Crippen LogP contribution >= 0.6 is 23.2 Å². The molecule has 30 heavy (non-hydrogen) atoms. The highest BCUT2D eigenvalue weighted by Crippen LogP contribution is 2.26. The second kappa shape index (κ2) is 8.69. The molecule has 0 unspecified atom stereocenters. The van der Waals surface area contributed by atoms with E-state index in [0.29, 0.717) is 27.8 Å². The van der Waals surface area contributed by atoms with Gasteiger partial charge in [-0.1, -0.05) is 65.7 Å². The number of carbonyl (C=O) groups excluding carboxylic acids is 1. The topological polar surface area (TPSA) is 46.9 Å². The molecular formula is C23H16Cl2FN3O. The van der Waals surface area contributed by atoms with E-state index < -0.39 is 11.7 Å². The quantitative estimate of drug-likeness (QED) is 0.396. The fourth-order valence-electron chi connectivity index (χ4n) is 3.04. The Morgan fingerprint density at radius 1 is 0.967 bits per heavy atom. The van der Waals surface area contributed by atoms with Crippen molar-refractivity contribution in [1.82, 2.24) is 9.78 Å². The predicted molar refractivity (Wildman–Crippen MR) is 118 cm³/mol. The van der Waals surface area contributed by atoms with Crippen LogP contribution in [0.25, 0.3) is 11.3 Å². The fraction of sp³-hybridized carbons (Fsp3) is 0.0435. The Morgan fingerprint density at radius 3 is 2.40 bits per heavy atom. The molecule has 0 atom stereocenters. The molecule has 7 heteroatoms. The van der Waals surface area contributed by atoms with Crippen molar-refractivity contribution in [2.75, 3.05) is 5.32 Å². The van der Waals surface area contributed by atoms with Crippen molar-refractivity contribution in [2.24, 2.45) is 0 Å². The minimum absolute atomic E-state index is 0.00497. The standard InChI is InChI=1S/C23H16Cl2FN3O/c24-17-8-6-16(7-9-17)22-19(14-29(28-22)13-15-4-2-1-3-5-15)23(30)27-21-12-18(25)10-11-20(21)26/h1-12,14H,13H2,(H,27,30). The average Bonchev–Trinajstić information content (AvgIpc) is 3.16. The highest BCUT2D eigenvalue weighted by Gasteiger charge is 2.19. The molecule has 4 nitrogen and oxygen atoms in total. The molecule has 0 radical (unpaired) electrons. The molecule has 0 saturated heterocycles. The molecule has 4 rings (SSSR count). The van der Waals surface area contributed by atoms with Gasteiger partial charge in [0.05, 0.1) is 17.8 Å². The fourth-order valence-corrected chi connectivity index (χ4v) is 3.34. The predicted octanol–water partition coefficient (Wildman–Crippen LogP) is 6.30. The molecule has 0 aliphatic carbocycles. The summed E-state index contributed by atoms with van der Waals surface area (Å²) in [5.74, 6) is -1.06. The lowest BCUT2D eigenvalue weighted by Crippen LogP contribution is -2.13. The normalized spacial score (nSPS) is 10.8. The first-order valence-corrected chi connectivity index (χ1v) is 9.89. The second-order valence-electron chi connectivity index (χ2n) is 6.66. The number of halogens is 3. The van der Waals surface area contributed by atoms with Gasteiger partial charge in [0.25, 0.3) is 5.91 Å². The first-order chi connectivity index (χ1) is 14.5. The number of anilines is 1. The van der Waals surface area contributed by atoms with Crippen molar-refractivity contribution in [1.29, 1.82) is 0 Å². The summed E-state index contributed by atoms with van der Waals surface area (Å²) in [5, 5.41) is 8.09. The maximum absolute atomic E-state index is 14.1. The molecule has 0 aliphatic heterocycles. The van der Waals surface area contributed by atoms with Crippen molar-refractivity contribution in [3.63, 3.8) is 0 Å². The van der Waals surface area contributed by atoms with Crippen LogP contribution in [0.1, 0.15) is 15.9 Å². The van der Waals surface area contributed by atoms with E-state index >= 15 is 0 Å². The van der Waals surface area contributed by atoms with E-state index in [4.69, 9.17) is 23.2 Å². The Balaban J connectivity index is 1.71. The number of nitrogens with zero attached hydrogens (tertiary/aromatic N) is 2. The molecule has 4 aromatic rings. The van der Waals surface area contributed by atoms with Crippen molar-refractivity contribution >= 4 is 34.8 Å². The summed E-state index contributed by atoms with van der Waals surface area (Å²) >= 11 is 11.9. The summed E-state index contributed by atoms with van der Waals surface area (Å²) in [6.45, 7) is 0.486. The molecule has 0 saturated carbocycles. The summed E-state index contributed by atoms with van der Waals surface area (Å²) in [6, 6.07) is 20.8. The number of nitrogens with one attached hydrogen (secondary N) is 1. The van der Waals surface area contributed by atoms with Gasteiger partial charge in [-0.15, -0.1) is 0 Å². The zero-order valence-electron chi connectivity index (χ0n) is 15.6. The van der Waals surface area contributed by atoms with Crippen LogP contribution in [0.3, 0.4) is 0 Å². The Bertz CT molecular complexity index is 1190. The van der Waals surface area contributed by atoms with Crippen LogP contribution in [-0.2, 0) is 6.54 Å². The third-order valence-electron chi connectivity index (χ3n) is 4.49. The van der Waals surface area contributed by atoms with E-state index in [2.05, 4.69) is 10.4 Å². The number of benzene rings is 3. The third kappa shape index (κ3) is 4.53. The van der Waals surface area contributed by atoms with Gasteiger partial charge in [0.2, 0.25) is 0 Å². The lowest BCUT2D eigenvalue weighted by atomic mass is 10.1. The number of aromatic nitrogens is 2. The maximum atomic E-state index is 14.1. The van der Waals surface area contributed by atoms with Crippen molar-refractivity contribution in [2.45, 2.75) is 6.54 Å². The third-order valence-corrected chi connectivity index (χ3v) is 4.98. The van der Waals surface area contributed by atoms with E-state index in [1.165, 1.54) is 18.2 Å². The van der Waals surface area contributed by atoms with Gasteiger partial charge in [0.1, 0.15) is 11.5 Å². The molecule has 0 bridgehead atoms. The summed E-state index contributed by atoms with van der Waals surface area (Å²) in [6.07, 6.45) is 1.65. The minimum Gasteiger partial charge on any atom is -0.319 e. The number of amides is 1. The van der Waals surface area contributed by atoms with E-state index in [1.54, 1.807) is 35.1 Å². The maximum Gasteiger partial charge on any atom is 0.259 e. The van der Waals surface area contributed by atoms with Gasteiger partial charge < -0.3 is 5.32 Å². The molecule has 1 amide bonds. The van der Waals surface area contributed by atoms with Crippen LogP contribution in [0.5, 0.6) is 0 Å². The molecule has 0 fully saturated rings. The SMILES string of the molecule is O=C(Nc1cc(Cl)ccc1F)c1cn(Cc2ccccc2)nc1-c1ccc(Cl)cc1. The Kier molecular flexibility index (Phi) is 5.84. The van der Waals surface area contributed by atoms with Crippen LogP contribution in [0.2, 0.25) is 10.0 Å². The first-order valence-electron chi connectivity index (χ1n) is 9.13. The number of hydrogen-bond acceptors (Lipinski definition) is 2. The highest BCUT2D eigenvalue weighted by molar-refractivity contribution is 6.31. The van der Waals surface area contributed by atoms with Gasteiger partial charge in [-0.2, -0.15) is 5.10 Å². The second-order valence-corrected chi connectivity index (χ2v) is 7.53. The van der Waals surface area contributed by atoms with Gasteiger partial charge in [0, 0.05) is 21.8 Å². The first kappa shape index (κ1) is 20.1. The lowest BCUT2D eigenvalue weighted by Gasteiger charge is -2.07. The van der Waals surface area contributed by atoms with Crippen molar-refractivity contribution in [3.8, 4) is 11.3 Å². The summed E-state index contributed by atoms with van der Waals surface area (Å²) < 4.78 is 15.8. The smallest absolute Gasteiger partial charge is 0.259 e. The van der Waals surface area contributed by atoms with Crippen molar-refractivity contribution < 1.29 is 9.18 Å². The zero-order valence-corrected chi connectivity index (χ0v) is 17.2. The molecule has 150 valence electrons. The Labute approximate surface area is 182 Å². The number of rotatable bonds is 5. The molecule has 3 aromatic carbocycles. The summed E-state index contributed by atoms with van der Waals surface area (Å²) in [4.78, 5) is 13.0. The van der Waals surface area contributed by atoms with Gasteiger partial charge in [-0.25, -0.2) is 4.39 Å². The average molecular weight is 440 g/mol. The van der Waals surface area contributed by atoms with Gasteiger partial charge in [-0.3, -0.25) is 9.48 Å². The molecular weight excluding hydrogens is 424 g/mol. The van der Waals surface area contributed by atoms with E-state index in [1.807, 2.05) is 30.3 Å². The Hall–Kier alpha value is -3.15. The monoisotopic (exact) mass is 439 g/mol. The van der Waals surface area contributed by atoms with Gasteiger partial charge in [-0.05, 0) is 35.9 Å². The molecule has 1 N–H and O–H groups in total.